The average Bonchev–Trinajstić information content (AvgIpc) is 2.04. The van der Waals surface area contributed by atoms with Crippen molar-refractivity contribution < 1.29 is 8.78 Å². The van der Waals surface area contributed by atoms with Crippen LogP contribution in [0.3, 0.4) is 0 Å². The van der Waals surface area contributed by atoms with Gasteiger partial charge in [-0.1, -0.05) is 0 Å². The second kappa shape index (κ2) is 5.12. The predicted molar refractivity (Wildman–Crippen MR) is 52.6 cm³/mol. The Labute approximate surface area is 82.1 Å². The van der Waals surface area contributed by atoms with Gasteiger partial charge in [0.05, 0.1) is 13.1 Å². The van der Waals surface area contributed by atoms with Crippen molar-refractivity contribution in [1.29, 1.82) is 0 Å². The van der Waals surface area contributed by atoms with Crippen LogP contribution in [0.5, 0.6) is 0 Å². The van der Waals surface area contributed by atoms with E-state index in [0.29, 0.717) is 0 Å². The van der Waals surface area contributed by atoms with Crippen LogP contribution >= 0.6 is 11.8 Å². The maximum Gasteiger partial charge on any atom is 0.272 e. The fourth-order valence-electron chi connectivity index (χ4n) is 1.40. The van der Waals surface area contributed by atoms with Crippen LogP contribution in [0.4, 0.5) is 8.78 Å². The Bertz CT molecular complexity index is 149. The number of rotatable bonds is 4. The molecular weight excluding hydrogens is 194 g/mol. The second-order valence-corrected chi connectivity index (χ2v) is 4.50. The van der Waals surface area contributed by atoms with Gasteiger partial charge in [-0.05, 0) is 7.05 Å². The summed E-state index contributed by atoms with van der Waals surface area (Å²) in [6, 6.07) is 0. The molecule has 0 unspecified atom stereocenters. The molecule has 1 fully saturated rings. The third kappa shape index (κ3) is 4.24. The average molecular weight is 210 g/mol. The molecule has 78 valence electrons. The number of hydrogen-bond donors (Lipinski definition) is 1. The quantitative estimate of drug-likeness (QED) is 0.742. The highest BCUT2D eigenvalue weighted by atomic mass is 32.2. The molecule has 0 atom stereocenters. The van der Waals surface area contributed by atoms with Gasteiger partial charge >= 0.3 is 0 Å². The minimum absolute atomic E-state index is 0.103. The van der Waals surface area contributed by atoms with E-state index in [0.717, 1.165) is 24.6 Å². The van der Waals surface area contributed by atoms with E-state index in [2.05, 4.69) is 5.32 Å². The number of halogens is 2. The molecule has 0 aromatic carbocycles. The molecular formula is C8H16F2N2S. The van der Waals surface area contributed by atoms with Gasteiger partial charge in [-0.25, -0.2) is 8.78 Å². The van der Waals surface area contributed by atoms with Crippen LogP contribution in [0, 0.1) is 0 Å². The molecule has 1 aliphatic heterocycles. The lowest BCUT2D eigenvalue weighted by Crippen LogP contribution is -2.45. The molecule has 0 aromatic heterocycles. The molecule has 0 amide bonds. The summed E-state index contributed by atoms with van der Waals surface area (Å²) in [6.45, 7) is 1.26. The van der Waals surface area contributed by atoms with Crippen molar-refractivity contribution in [2.75, 3.05) is 44.7 Å². The summed E-state index contributed by atoms with van der Waals surface area (Å²) in [5.74, 6) is -0.623. The topological polar surface area (TPSA) is 15.3 Å². The minimum Gasteiger partial charge on any atom is -0.314 e. The second-order valence-electron chi connectivity index (χ2n) is 3.27. The Kier molecular flexibility index (Phi) is 4.41. The van der Waals surface area contributed by atoms with Crippen LogP contribution in [0.15, 0.2) is 0 Å². The lowest BCUT2D eigenvalue weighted by molar-refractivity contribution is -0.0269. The molecule has 1 aliphatic rings. The van der Waals surface area contributed by atoms with Crippen LogP contribution in [0.25, 0.3) is 0 Å². The van der Waals surface area contributed by atoms with E-state index in [1.807, 2.05) is 16.7 Å². The molecule has 0 aliphatic carbocycles. The normalized spacial score (nSPS) is 20.5. The fraction of sp³-hybridized carbons (Fsp3) is 1.00. The number of alkyl halides is 2. The largest absolute Gasteiger partial charge is 0.314 e. The molecule has 0 radical (unpaired) electrons. The van der Waals surface area contributed by atoms with Gasteiger partial charge in [0.25, 0.3) is 5.92 Å². The Morgan fingerprint density at radius 2 is 2.00 bits per heavy atom. The van der Waals surface area contributed by atoms with Gasteiger partial charge in [-0.3, -0.25) is 4.90 Å². The van der Waals surface area contributed by atoms with E-state index in [1.165, 1.54) is 0 Å². The summed E-state index contributed by atoms with van der Waals surface area (Å²) in [6.07, 6.45) is 0. The van der Waals surface area contributed by atoms with Crippen molar-refractivity contribution in [2.24, 2.45) is 0 Å². The Morgan fingerprint density at radius 1 is 1.38 bits per heavy atom. The first-order valence-electron chi connectivity index (χ1n) is 4.46. The Balaban J connectivity index is 2.28. The molecule has 0 saturated carbocycles. The van der Waals surface area contributed by atoms with Crippen molar-refractivity contribution in [1.82, 2.24) is 10.2 Å². The summed E-state index contributed by atoms with van der Waals surface area (Å²) in [5.41, 5.74) is 0. The van der Waals surface area contributed by atoms with Gasteiger partial charge in [0, 0.05) is 24.6 Å². The third-order valence-electron chi connectivity index (χ3n) is 1.99. The Morgan fingerprint density at radius 3 is 2.54 bits per heavy atom. The highest BCUT2D eigenvalue weighted by molar-refractivity contribution is 7.99. The summed E-state index contributed by atoms with van der Waals surface area (Å²) in [7, 11) is 1.56. The van der Waals surface area contributed by atoms with Crippen LogP contribution < -0.4 is 5.32 Å². The van der Waals surface area contributed by atoms with Gasteiger partial charge in [-0.15, -0.1) is 0 Å². The SMILES string of the molecule is CNCC(F)(F)CN1CCSCC1. The van der Waals surface area contributed by atoms with E-state index < -0.39 is 5.92 Å². The zero-order valence-electron chi connectivity index (χ0n) is 7.85. The molecule has 0 aromatic rings. The number of hydrogen-bond acceptors (Lipinski definition) is 3. The van der Waals surface area contributed by atoms with E-state index in [4.69, 9.17) is 0 Å². The molecule has 5 heteroatoms. The highest BCUT2D eigenvalue weighted by Gasteiger charge is 2.31. The summed E-state index contributed by atoms with van der Waals surface area (Å²) < 4.78 is 26.2. The standard InChI is InChI=1S/C8H16F2N2S/c1-11-6-8(9,10)7-12-2-4-13-5-3-12/h11H,2-7H2,1H3. The van der Waals surface area contributed by atoms with Crippen molar-refractivity contribution in [3.8, 4) is 0 Å². The Hall–Kier alpha value is 0.130. The van der Waals surface area contributed by atoms with E-state index in [1.54, 1.807) is 7.05 Å². The first-order chi connectivity index (χ1) is 6.14. The zero-order valence-corrected chi connectivity index (χ0v) is 8.67. The van der Waals surface area contributed by atoms with Crippen LogP contribution in [0.1, 0.15) is 0 Å². The maximum absolute atomic E-state index is 13.1. The van der Waals surface area contributed by atoms with E-state index >= 15 is 0 Å². The third-order valence-corrected chi connectivity index (χ3v) is 2.94. The predicted octanol–water partition coefficient (Wildman–Crippen LogP) is 0.890. The highest BCUT2D eigenvalue weighted by Crippen LogP contribution is 2.17. The number of nitrogens with zero attached hydrogens (tertiary/aromatic N) is 1. The minimum atomic E-state index is -2.59. The van der Waals surface area contributed by atoms with Gasteiger partial charge in [0.2, 0.25) is 0 Å². The first kappa shape index (κ1) is 11.2. The van der Waals surface area contributed by atoms with E-state index in [9.17, 15) is 8.78 Å². The molecule has 1 rings (SSSR count). The molecule has 1 heterocycles. The molecule has 1 N–H and O–H groups in total. The monoisotopic (exact) mass is 210 g/mol. The van der Waals surface area contributed by atoms with Gasteiger partial charge in [0.15, 0.2) is 0 Å². The number of nitrogens with one attached hydrogen (secondary N) is 1. The van der Waals surface area contributed by atoms with Crippen molar-refractivity contribution in [2.45, 2.75) is 5.92 Å². The fourth-order valence-corrected chi connectivity index (χ4v) is 2.38. The van der Waals surface area contributed by atoms with Gasteiger partial charge in [-0.2, -0.15) is 11.8 Å². The van der Waals surface area contributed by atoms with Gasteiger partial charge in [0.1, 0.15) is 0 Å². The lowest BCUT2D eigenvalue weighted by Gasteiger charge is -2.29. The summed E-state index contributed by atoms with van der Waals surface area (Å²) in [4.78, 5) is 1.84. The van der Waals surface area contributed by atoms with Gasteiger partial charge < -0.3 is 5.32 Å². The maximum atomic E-state index is 13.1. The van der Waals surface area contributed by atoms with Crippen LogP contribution in [-0.2, 0) is 0 Å². The van der Waals surface area contributed by atoms with E-state index in [-0.39, 0.29) is 13.1 Å². The van der Waals surface area contributed by atoms with Crippen molar-refractivity contribution in [3.05, 3.63) is 0 Å². The van der Waals surface area contributed by atoms with Crippen LogP contribution in [-0.4, -0.2) is 55.6 Å². The molecule has 1 saturated heterocycles. The summed E-state index contributed by atoms with van der Waals surface area (Å²) >= 11 is 1.84. The number of thioether (sulfide) groups is 1. The lowest BCUT2D eigenvalue weighted by atomic mass is 10.3. The smallest absolute Gasteiger partial charge is 0.272 e. The van der Waals surface area contributed by atoms with Crippen molar-refractivity contribution >= 4 is 11.8 Å². The molecule has 0 bridgehead atoms. The first-order valence-corrected chi connectivity index (χ1v) is 5.62. The molecule has 13 heavy (non-hydrogen) atoms. The van der Waals surface area contributed by atoms with Crippen LogP contribution in [0.2, 0.25) is 0 Å². The van der Waals surface area contributed by atoms with Crippen molar-refractivity contribution in [3.63, 3.8) is 0 Å². The molecule has 2 nitrogen and oxygen atoms in total. The molecule has 0 spiro atoms. The summed E-state index contributed by atoms with van der Waals surface area (Å²) in [5, 5.41) is 2.52. The zero-order chi connectivity index (χ0) is 9.73.